The van der Waals surface area contributed by atoms with Crippen LogP contribution in [-0.2, 0) is 28.8 Å². The van der Waals surface area contributed by atoms with E-state index >= 15 is 0 Å². The zero-order chi connectivity index (χ0) is 53.6. The lowest BCUT2D eigenvalue weighted by molar-refractivity contribution is 0.207. The Bertz CT molecular complexity index is 3070. The van der Waals surface area contributed by atoms with Crippen molar-refractivity contribution in [3.8, 4) is 52.8 Å². The molecule has 1 aliphatic rings. The van der Waals surface area contributed by atoms with Gasteiger partial charge in [0.2, 0.25) is 20.2 Å². The van der Waals surface area contributed by atoms with E-state index in [1.807, 2.05) is 91.0 Å². The molecular formula is C56H63N7O9P3+. The summed E-state index contributed by atoms with van der Waals surface area (Å²) in [6.07, 6.45) is 0.746. The van der Waals surface area contributed by atoms with Crippen LogP contribution in [0, 0.1) is 35.5 Å². The lowest BCUT2D eigenvalue weighted by Gasteiger charge is -2.26. The Morgan fingerprint density at radius 3 is 1.20 bits per heavy atom. The number of hydrogen-bond acceptors (Lipinski definition) is 14. The second kappa shape index (κ2) is 26.0. The summed E-state index contributed by atoms with van der Waals surface area (Å²) >= 11 is 0. The van der Waals surface area contributed by atoms with Crippen LogP contribution in [0.2, 0.25) is 0 Å². The molecule has 16 nitrogen and oxygen atoms in total. The highest BCUT2D eigenvalue weighted by molar-refractivity contribution is 7.71. The average molecular weight is 1070 g/mol. The van der Waals surface area contributed by atoms with Crippen molar-refractivity contribution in [1.29, 1.82) is 0 Å². The summed E-state index contributed by atoms with van der Waals surface area (Å²) in [5.41, 5.74) is 11.5. The Morgan fingerprint density at radius 2 is 0.867 bits per heavy atom. The Hall–Kier alpha value is -6.24. The van der Waals surface area contributed by atoms with E-state index in [9.17, 15) is 28.7 Å². The van der Waals surface area contributed by atoms with Crippen molar-refractivity contribution >= 4 is 38.8 Å². The highest BCUT2D eigenvalue weighted by Gasteiger charge is 2.32. The molecule has 0 radical (unpaired) electrons. The standard InChI is InChI=1S/C56H62N7O9P3/c1-70-51-19-13-42(14-20-51)7-10-45-33-48(58-54(36-45)73(3,64)65)39-61-26-27-62(40-49-34-46(37-55(59-49)74(4,66)67)11-8-43-15-21-52(71-2)22-16-43)29-31-63(30-28-61)41-50-35-47(38-56(60-50)75(5,68)69)12-9-44-17-23-53(24-18-44)72-32-6-25-57/h13-24,33-38,68-69H,6,25-32,39-41,57H2,1-5H3,(H-,64,65,66,67)/p+1. The van der Waals surface area contributed by atoms with Gasteiger partial charge in [-0.25, -0.2) is 24.7 Å². The highest BCUT2D eigenvalue weighted by atomic mass is 31.2. The topological polar surface area (TPSA) is 217 Å². The summed E-state index contributed by atoms with van der Waals surface area (Å²) < 4.78 is 42.6. The maximum atomic E-state index is 13.2. The molecule has 6 N–H and O–H groups in total. The summed E-state index contributed by atoms with van der Waals surface area (Å²) in [5, 5.41) is 0. The van der Waals surface area contributed by atoms with E-state index in [-0.39, 0.29) is 16.3 Å². The van der Waals surface area contributed by atoms with Gasteiger partial charge in [0.25, 0.3) is 0 Å². The minimum Gasteiger partial charge on any atom is -0.497 e. The van der Waals surface area contributed by atoms with Crippen molar-refractivity contribution in [1.82, 2.24) is 29.7 Å². The molecule has 0 spiro atoms. The lowest BCUT2D eigenvalue weighted by atomic mass is 10.1. The van der Waals surface area contributed by atoms with Crippen molar-refractivity contribution in [2.75, 3.05) is 86.6 Å². The molecule has 0 amide bonds. The molecule has 2 unspecified atom stereocenters. The molecule has 3 aromatic heterocycles. The van der Waals surface area contributed by atoms with Gasteiger partial charge in [0.1, 0.15) is 34.8 Å². The maximum Gasteiger partial charge on any atom is 0.315 e. The molecule has 0 bridgehead atoms. The first kappa shape index (κ1) is 56.5. The van der Waals surface area contributed by atoms with Crippen LogP contribution in [0.3, 0.4) is 0 Å². The molecule has 0 saturated carbocycles. The van der Waals surface area contributed by atoms with Gasteiger partial charge in [-0.15, -0.1) is 0 Å². The summed E-state index contributed by atoms with van der Waals surface area (Å²) in [6.45, 7) is 9.28. The molecular weight excluding hydrogens is 1010 g/mol. The second-order valence-corrected chi connectivity index (χ2v) is 25.1. The third-order valence-electron chi connectivity index (χ3n) is 11.9. The number of rotatable bonds is 15. The maximum absolute atomic E-state index is 13.2. The molecule has 1 saturated heterocycles. The van der Waals surface area contributed by atoms with Gasteiger partial charge in [-0.3, -0.25) is 23.8 Å². The van der Waals surface area contributed by atoms with Crippen molar-refractivity contribution in [3.05, 3.63) is 160 Å². The minimum absolute atomic E-state index is 0.0531. The molecule has 4 heterocycles. The molecule has 0 aliphatic carbocycles. The third kappa shape index (κ3) is 17.7. The molecule has 3 aromatic carbocycles. The molecule has 19 heteroatoms. The summed E-state index contributed by atoms with van der Waals surface area (Å²) in [5.74, 6) is 21.1. The van der Waals surface area contributed by atoms with Gasteiger partial charge in [0, 0.05) is 112 Å². The van der Waals surface area contributed by atoms with Gasteiger partial charge in [0.05, 0.1) is 37.9 Å². The number of nitrogens with zero attached hydrogens (tertiary/aromatic N) is 6. The predicted molar refractivity (Wildman–Crippen MR) is 296 cm³/mol. The Balaban J connectivity index is 1.20. The van der Waals surface area contributed by atoms with Gasteiger partial charge in [-0.2, -0.15) is 0 Å². The van der Waals surface area contributed by atoms with Crippen LogP contribution in [0.25, 0.3) is 0 Å². The molecule has 7 rings (SSSR count). The van der Waals surface area contributed by atoms with E-state index in [0.717, 1.165) is 23.1 Å². The van der Waals surface area contributed by atoms with E-state index < -0.39 is 22.5 Å². The first-order valence-corrected chi connectivity index (χ1v) is 30.6. The monoisotopic (exact) mass is 1070 g/mol. The fraction of sp³-hybridized carbons (Fsp3) is 0.304. The summed E-state index contributed by atoms with van der Waals surface area (Å²) in [6, 6.07) is 32.4. The van der Waals surface area contributed by atoms with Crippen LogP contribution in [0.15, 0.2) is 109 Å². The van der Waals surface area contributed by atoms with E-state index in [1.165, 1.54) is 20.0 Å². The Labute approximate surface area is 440 Å². The molecule has 2 atom stereocenters. The number of ether oxygens (including phenoxy) is 3. The summed E-state index contributed by atoms with van der Waals surface area (Å²) in [4.78, 5) is 64.2. The third-order valence-corrected chi connectivity index (χ3v) is 15.2. The number of nitrogens with two attached hydrogens (primary N) is 1. The van der Waals surface area contributed by atoms with Crippen molar-refractivity contribution in [2.45, 2.75) is 26.1 Å². The van der Waals surface area contributed by atoms with Crippen LogP contribution in [0.4, 0.5) is 0 Å². The largest absolute Gasteiger partial charge is 0.497 e. The Morgan fingerprint density at radius 1 is 0.533 bits per heavy atom. The van der Waals surface area contributed by atoms with Crippen molar-refractivity contribution in [2.24, 2.45) is 5.73 Å². The fourth-order valence-electron chi connectivity index (χ4n) is 7.85. The van der Waals surface area contributed by atoms with Gasteiger partial charge in [0.15, 0.2) is 0 Å². The van der Waals surface area contributed by atoms with Crippen LogP contribution >= 0.6 is 22.5 Å². The van der Waals surface area contributed by atoms with Gasteiger partial charge in [-0.1, -0.05) is 35.5 Å². The van der Waals surface area contributed by atoms with E-state index in [2.05, 4.69) is 50.2 Å². The van der Waals surface area contributed by atoms with Gasteiger partial charge >= 0.3 is 7.72 Å². The number of aromatic nitrogens is 3. The first-order chi connectivity index (χ1) is 35.8. The number of hydrogen-bond donors (Lipinski definition) is 5. The zero-order valence-electron chi connectivity index (χ0n) is 42.8. The zero-order valence-corrected chi connectivity index (χ0v) is 45.5. The molecule has 1 fully saturated rings. The number of benzene rings is 3. The highest BCUT2D eigenvalue weighted by Crippen LogP contribution is 2.43. The van der Waals surface area contributed by atoms with E-state index in [1.54, 1.807) is 32.4 Å². The van der Waals surface area contributed by atoms with Crippen molar-refractivity contribution < 1.29 is 42.9 Å². The van der Waals surface area contributed by atoms with Crippen LogP contribution in [-0.4, -0.2) is 136 Å². The predicted octanol–water partition coefficient (Wildman–Crippen LogP) is 4.77. The van der Waals surface area contributed by atoms with Crippen LogP contribution in [0.1, 0.15) is 56.9 Å². The van der Waals surface area contributed by atoms with Crippen LogP contribution < -0.4 is 36.2 Å². The first-order valence-electron chi connectivity index (χ1n) is 24.2. The Kier molecular flexibility index (Phi) is 19.6. The lowest BCUT2D eigenvalue weighted by Crippen LogP contribution is -2.36. The molecule has 390 valence electrons. The normalized spacial score (nSPS) is 15.2. The minimum atomic E-state index is -3.80. The van der Waals surface area contributed by atoms with Crippen LogP contribution in [0.5, 0.6) is 17.2 Å². The number of methoxy groups -OCH3 is 2. The SMILES string of the molecule is COc1ccc(C#Cc2cc(CN3CCN(Cc4cc(C#Cc5ccc(OC)cc5)cc(P(C)(=O)O)n4)CCN(Cc4cc(C#Cc5ccc(OCCCN)cc5)cc([P+](C)(O)O)n4)CC3)nc(P(C)(=O)O)c2)cc1. The second-order valence-electron chi connectivity index (χ2n) is 18.3. The van der Waals surface area contributed by atoms with Gasteiger partial charge in [-0.05, 0) is 116 Å². The van der Waals surface area contributed by atoms with Gasteiger partial charge < -0.3 is 29.7 Å². The van der Waals surface area contributed by atoms with E-state index in [4.69, 9.17) is 34.9 Å². The fourth-order valence-corrected chi connectivity index (χ4v) is 9.94. The molecule has 1 aliphatic heterocycles. The molecule has 75 heavy (non-hydrogen) atoms. The molecule has 6 aromatic rings. The van der Waals surface area contributed by atoms with E-state index in [0.29, 0.717) is 123 Å². The van der Waals surface area contributed by atoms with Crippen molar-refractivity contribution in [3.63, 3.8) is 0 Å². The smallest absolute Gasteiger partial charge is 0.315 e. The quantitative estimate of drug-likeness (QED) is 0.0532. The summed E-state index contributed by atoms with van der Waals surface area (Å²) in [7, 11) is -7.97. The number of pyridine rings is 3. The average Bonchev–Trinajstić information content (AvgIpc) is 3.47.